The number of anilines is 2. The number of hydrogen-bond acceptors (Lipinski definition) is 7. The fraction of sp³-hybridized carbons (Fsp3) is 0.459. The average Bonchev–Trinajstić information content (AvgIpc) is 3.48. The van der Waals surface area contributed by atoms with Gasteiger partial charge in [-0.3, -0.25) is 9.59 Å². The van der Waals surface area contributed by atoms with Crippen molar-refractivity contribution in [3.63, 3.8) is 0 Å². The molecule has 0 radical (unpaired) electrons. The number of carbonyl (C=O) groups is 2. The molecule has 1 aliphatic heterocycles. The zero-order valence-electron chi connectivity index (χ0n) is 29.1. The second-order valence-corrected chi connectivity index (χ2v) is 11.5. The lowest BCUT2D eigenvalue weighted by atomic mass is 10.0. The van der Waals surface area contributed by atoms with Crippen LogP contribution in [0.25, 0.3) is 0 Å². The van der Waals surface area contributed by atoms with E-state index in [1.54, 1.807) is 45.0 Å². The Morgan fingerprint density at radius 3 is 2.18 bits per heavy atom. The highest BCUT2D eigenvalue weighted by Crippen LogP contribution is 2.43. The Bertz CT molecular complexity index is 1550. The van der Waals surface area contributed by atoms with Crippen molar-refractivity contribution < 1.29 is 46.1 Å². The summed E-state index contributed by atoms with van der Waals surface area (Å²) < 4.78 is 78.1. The number of halogens is 5. The molecule has 13 heteroatoms. The number of methoxy groups -OCH3 is 2. The molecule has 1 unspecified atom stereocenters. The standard InChI is InChI=1S/C33H36F4N2O6.C2H6.CH3Cl.CH4/c1-32(2,3)45-29(40)11-8-14-44-23-17-21(16-22(18-23)42-4)38-30(24-9-6-7-10-26(24)34)31(41)39-13-12-20-15-28(43-5)25(19-27(20)39)33(35,36)37;2*1-2;/h6-7,9-10,15-19,30,38H,8,11-14H2,1-5H3;1-2H3;1H3;1H4. The molecule has 0 saturated carbocycles. The number of nitrogens with zero attached hydrogens (tertiary/aromatic N) is 1. The molecule has 8 nitrogen and oxygen atoms in total. The highest BCUT2D eigenvalue weighted by molar-refractivity contribution is 6.15. The van der Waals surface area contributed by atoms with Gasteiger partial charge in [0.25, 0.3) is 5.91 Å². The molecule has 0 spiro atoms. The maximum absolute atomic E-state index is 15.1. The molecule has 278 valence electrons. The van der Waals surface area contributed by atoms with Crippen LogP contribution in [0.15, 0.2) is 54.6 Å². The summed E-state index contributed by atoms with van der Waals surface area (Å²) in [5.41, 5.74) is -0.686. The Morgan fingerprint density at radius 1 is 0.960 bits per heavy atom. The average molecular weight is 729 g/mol. The van der Waals surface area contributed by atoms with Crippen LogP contribution in [0.1, 0.15) is 77.6 Å². The minimum absolute atomic E-state index is 0. The number of fused-ring (bicyclic) bond motifs is 1. The lowest BCUT2D eigenvalue weighted by Gasteiger charge is -2.27. The van der Waals surface area contributed by atoms with E-state index in [2.05, 4.69) is 16.9 Å². The van der Waals surface area contributed by atoms with Crippen molar-refractivity contribution in [1.82, 2.24) is 0 Å². The molecule has 0 aliphatic carbocycles. The highest BCUT2D eigenvalue weighted by Gasteiger charge is 2.39. The summed E-state index contributed by atoms with van der Waals surface area (Å²) >= 11 is 4.64. The van der Waals surface area contributed by atoms with E-state index in [4.69, 9.17) is 18.9 Å². The second-order valence-electron chi connectivity index (χ2n) is 11.5. The third-order valence-electron chi connectivity index (χ3n) is 6.97. The number of carbonyl (C=O) groups excluding carboxylic acids is 2. The molecule has 1 N–H and O–H groups in total. The maximum atomic E-state index is 15.1. The van der Waals surface area contributed by atoms with Crippen LogP contribution in [0.2, 0.25) is 0 Å². The number of ether oxygens (including phenoxy) is 4. The largest absolute Gasteiger partial charge is 0.497 e. The molecular formula is C37H49ClF4N2O6. The number of nitrogens with one attached hydrogen (secondary N) is 1. The molecule has 50 heavy (non-hydrogen) atoms. The molecule has 1 aliphatic rings. The number of benzene rings is 3. The zero-order valence-corrected chi connectivity index (χ0v) is 29.9. The first-order valence-corrected chi connectivity index (χ1v) is 16.5. The third-order valence-corrected chi connectivity index (χ3v) is 6.97. The summed E-state index contributed by atoms with van der Waals surface area (Å²) in [4.78, 5) is 27.3. The van der Waals surface area contributed by atoms with Gasteiger partial charge in [0.05, 0.1) is 26.4 Å². The van der Waals surface area contributed by atoms with Gasteiger partial charge in [-0.1, -0.05) is 39.5 Å². The summed E-state index contributed by atoms with van der Waals surface area (Å²) in [6.07, 6.45) is -2.43. The Kier molecular flexibility index (Phi) is 17.4. The van der Waals surface area contributed by atoms with Crippen molar-refractivity contribution >= 4 is 34.9 Å². The molecule has 4 rings (SSSR count). The highest BCUT2D eigenvalue weighted by atomic mass is 35.5. The van der Waals surface area contributed by atoms with Crippen LogP contribution < -0.4 is 24.4 Å². The van der Waals surface area contributed by atoms with Gasteiger partial charge in [-0.15, -0.1) is 11.6 Å². The molecule has 3 aromatic rings. The number of amides is 1. The summed E-state index contributed by atoms with van der Waals surface area (Å²) in [7, 11) is 2.60. The third kappa shape index (κ3) is 12.0. The van der Waals surface area contributed by atoms with Gasteiger partial charge in [0, 0.05) is 54.5 Å². The van der Waals surface area contributed by atoms with Gasteiger partial charge in [-0.25, -0.2) is 4.39 Å². The first-order chi connectivity index (χ1) is 23.2. The first kappa shape index (κ1) is 43.8. The lowest BCUT2D eigenvalue weighted by molar-refractivity contribution is -0.155. The van der Waals surface area contributed by atoms with E-state index in [-0.39, 0.29) is 50.0 Å². The maximum Gasteiger partial charge on any atom is 0.420 e. The van der Waals surface area contributed by atoms with E-state index < -0.39 is 35.1 Å². The van der Waals surface area contributed by atoms with Crippen LogP contribution in [0, 0.1) is 5.82 Å². The van der Waals surface area contributed by atoms with Gasteiger partial charge in [0.2, 0.25) is 0 Å². The Balaban J connectivity index is 0.00000241. The minimum atomic E-state index is -4.72. The quantitative estimate of drug-likeness (QED) is 0.0911. The van der Waals surface area contributed by atoms with Crippen molar-refractivity contribution in [2.75, 3.05) is 44.0 Å². The molecule has 0 aromatic heterocycles. The lowest BCUT2D eigenvalue weighted by Crippen LogP contribution is -2.37. The predicted octanol–water partition coefficient (Wildman–Crippen LogP) is 9.62. The van der Waals surface area contributed by atoms with E-state index in [0.29, 0.717) is 35.6 Å². The fourth-order valence-electron chi connectivity index (χ4n) is 4.99. The van der Waals surface area contributed by atoms with Gasteiger partial charge in [-0.2, -0.15) is 13.2 Å². The SMILES string of the molecule is C.CC.CCl.COc1cc(NC(C(=O)N2CCc3cc(OC)c(C(F)(F)F)cc32)c2ccccc2F)cc(OCCCC(=O)OC(C)(C)C)c1. The molecule has 0 saturated heterocycles. The molecule has 0 bridgehead atoms. The Morgan fingerprint density at radius 2 is 1.60 bits per heavy atom. The Hall–Kier alpha value is -4.19. The number of hydrogen-bond donors (Lipinski definition) is 1. The first-order valence-electron chi connectivity index (χ1n) is 15.7. The van der Waals surface area contributed by atoms with Crippen molar-refractivity contribution in [1.29, 1.82) is 0 Å². The summed E-state index contributed by atoms with van der Waals surface area (Å²) in [5.74, 6) is -1.29. The van der Waals surface area contributed by atoms with Crippen LogP contribution in [-0.2, 0) is 26.9 Å². The topological polar surface area (TPSA) is 86.3 Å². The van der Waals surface area contributed by atoms with Crippen LogP contribution >= 0.6 is 11.6 Å². The van der Waals surface area contributed by atoms with Crippen molar-refractivity contribution in [2.24, 2.45) is 0 Å². The summed E-state index contributed by atoms with van der Waals surface area (Å²) in [6, 6.07) is 11.3. The predicted molar refractivity (Wildman–Crippen MR) is 190 cm³/mol. The van der Waals surface area contributed by atoms with Gasteiger partial charge in [0.15, 0.2) is 0 Å². The van der Waals surface area contributed by atoms with E-state index in [1.165, 1.54) is 42.7 Å². The van der Waals surface area contributed by atoms with Gasteiger partial charge >= 0.3 is 12.1 Å². The number of esters is 1. The molecular weight excluding hydrogens is 680 g/mol. The zero-order chi connectivity index (χ0) is 36.9. The number of rotatable bonds is 11. The molecule has 0 fully saturated rings. The van der Waals surface area contributed by atoms with E-state index in [1.807, 2.05) is 13.8 Å². The van der Waals surface area contributed by atoms with Crippen LogP contribution in [-0.4, -0.2) is 51.2 Å². The smallest absolute Gasteiger partial charge is 0.420 e. The Labute approximate surface area is 298 Å². The molecule has 1 heterocycles. The van der Waals surface area contributed by atoms with Gasteiger partial charge in [-0.05, 0) is 57.4 Å². The van der Waals surface area contributed by atoms with Gasteiger partial charge < -0.3 is 29.2 Å². The van der Waals surface area contributed by atoms with Crippen molar-refractivity contribution in [2.45, 2.75) is 79.1 Å². The minimum Gasteiger partial charge on any atom is -0.497 e. The monoisotopic (exact) mass is 728 g/mol. The van der Waals surface area contributed by atoms with E-state index >= 15 is 4.39 Å². The normalized spacial score (nSPS) is 12.5. The van der Waals surface area contributed by atoms with Gasteiger partial charge in [0.1, 0.15) is 34.7 Å². The summed E-state index contributed by atoms with van der Waals surface area (Å²) in [6.45, 7) is 9.62. The molecule has 1 amide bonds. The van der Waals surface area contributed by atoms with Crippen molar-refractivity contribution in [3.05, 3.63) is 77.1 Å². The molecule has 3 aromatic carbocycles. The van der Waals surface area contributed by atoms with E-state index in [0.717, 1.165) is 13.2 Å². The van der Waals surface area contributed by atoms with Crippen LogP contribution in [0.5, 0.6) is 17.2 Å². The summed E-state index contributed by atoms with van der Waals surface area (Å²) in [5, 5.41) is 3.05. The second kappa shape index (κ2) is 19.9. The van der Waals surface area contributed by atoms with E-state index in [9.17, 15) is 22.8 Å². The number of alkyl halides is 4. The van der Waals surface area contributed by atoms with Crippen LogP contribution in [0.4, 0.5) is 28.9 Å². The fourth-order valence-corrected chi connectivity index (χ4v) is 4.99. The van der Waals surface area contributed by atoms with Crippen molar-refractivity contribution in [3.8, 4) is 17.2 Å². The molecule has 1 atom stereocenters. The van der Waals surface area contributed by atoms with Crippen LogP contribution in [0.3, 0.4) is 0 Å².